The first-order valence-corrected chi connectivity index (χ1v) is 14.8. The molecule has 1 saturated heterocycles. The molecule has 2 aromatic rings. The zero-order chi connectivity index (χ0) is 26.1. The highest BCUT2D eigenvalue weighted by Crippen LogP contribution is 2.35. The number of nitrogens with zero attached hydrogens (tertiary/aromatic N) is 4. The number of hydrogen-bond acceptors (Lipinski definition) is 5. The zero-order valence-electron chi connectivity index (χ0n) is 22.3. The van der Waals surface area contributed by atoms with Gasteiger partial charge in [0.25, 0.3) is 0 Å². The van der Waals surface area contributed by atoms with Crippen molar-refractivity contribution in [2.45, 2.75) is 96.8 Å². The van der Waals surface area contributed by atoms with Gasteiger partial charge in [-0.1, -0.05) is 6.92 Å². The van der Waals surface area contributed by atoms with Gasteiger partial charge >= 0.3 is 0 Å². The Labute approximate surface area is 223 Å². The zero-order valence-corrected chi connectivity index (χ0v) is 23.2. The van der Waals surface area contributed by atoms with E-state index in [4.69, 9.17) is 4.98 Å². The van der Waals surface area contributed by atoms with Crippen molar-refractivity contribution in [3.05, 3.63) is 39.4 Å². The monoisotopic (exact) mass is 529 g/mol. The number of halogens is 1. The van der Waals surface area contributed by atoms with Gasteiger partial charge in [-0.3, -0.25) is 9.59 Å². The molecule has 1 saturated carbocycles. The molecular formula is C28H40FN5O2S. The molecule has 9 heteroatoms. The van der Waals surface area contributed by atoms with E-state index >= 15 is 0 Å². The van der Waals surface area contributed by atoms with Crippen LogP contribution in [-0.4, -0.2) is 56.8 Å². The molecule has 4 heterocycles. The van der Waals surface area contributed by atoms with Gasteiger partial charge in [0.15, 0.2) is 5.13 Å². The van der Waals surface area contributed by atoms with Gasteiger partial charge in [0.05, 0.1) is 18.3 Å². The molecule has 0 aromatic carbocycles. The number of thiophene rings is 1. The van der Waals surface area contributed by atoms with Gasteiger partial charge < -0.3 is 19.7 Å². The lowest BCUT2D eigenvalue weighted by Crippen LogP contribution is -2.38. The standard InChI is InChI=1S/C28H40FN5O2S/c1-4-21(34-18(2)30-24-17-33(15-12-25(24)34)28(36)20-7-8-20)16-22-6-5-13-32(22)14-11-23(31-19(3)35)26-9-10-27(29)37-26/h9-10,20-23H,4-8,11-17H2,1-3H3,(H,31,35). The summed E-state index contributed by atoms with van der Waals surface area (Å²) in [4.78, 5) is 34.8. The Kier molecular flexibility index (Phi) is 8.00. The van der Waals surface area contributed by atoms with Crippen molar-refractivity contribution in [2.24, 2.45) is 5.92 Å². The predicted molar refractivity (Wildman–Crippen MR) is 143 cm³/mol. The molecule has 2 aliphatic heterocycles. The fraction of sp³-hybridized carbons (Fsp3) is 0.679. The number of imidazole rings is 1. The maximum absolute atomic E-state index is 13.7. The summed E-state index contributed by atoms with van der Waals surface area (Å²) < 4.78 is 16.1. The Morgan fingerprint density at radius 1 is 1.24 bits per heavy atom. The normalized spacial score (nSPS) is 21.6. The number of carbonyl (C=O) groups is 2. The molecule has 0 bridgehead atoms. The maximum Gasteiger partial charge on any atom is 0.226 e. The van der Waals surface area contributed by atoms with Crippen LogP contribution in [0.5, 0.6) is 0 Å². The topological polar surface area (TPSA) is 70.5 Å². The lowest BCUT2D eigenvalue weighted by atomic mass is 10.0. The summed E-state index contributed by atoms with van der Waals surface area (Å²) in [5.41, 5.74) is 2.40. The third-order valence-corrected chi connectivity index (χ3v) is 9.35. The Hall–Kier alpha value is -2.26. The molecular weight excluding hydrogens is 489 g/mol. The number of likely N-dealkylation sites (tertiary alicyclic amines) is 1. The Bertz CT molecular complexity index is 1130. The molecule has 37 heavy (non-hydrogen) atoms. The van der Waals surface area contributed by atoms with E-state index in [1.807, 2.05) is 4.90 Å². The van der Waals surface area contributed by atoms with Crippen LogP contribution in [0.25, 0.3) is 0 Å². The van der Waals surface area contributed by atoms with E-state index in [1.165, 1.54) is 31.5 Å². The molecule has 1 aliphatic carbocycles. The van der Waals surface area contributed by atoms with Crippen molar-refractivity contribution in [3.63, 3.8) is 0 Å². The first-order valence-electron chi connectivity index (χ1n) is 14.0. The second-order valence-electron chi connectivity index (χ2n) is 11.0. The van der Waals surface area contributed by atoms with Gasteiger partial charge in [0.2, 0.25) is 11.8 Å². The minimum Gasteiger partial charge on any atom is -0.349 e. The summed E-state index contributed by atoms with van der Waals surface area (Å²) in [5, 5.41) is 2.81. The van der Waals surface area contributed by atoms with Crippen molar-refractivity contribution in [2.75, 3.05) is 19.6 Å². The number of amides is 2. The summed E-state index contributed by atoms with van der Waals surface area (Å²) in [5.74, 6) is 1.55. The Morgan fingerprint density at radius 2 is 2.05 bits per heavy atom. The minimum absolute atomic E-state index is 0.0828. The summed E-state index contributed by atoms with van der Waals surface area (Å²) in [6, 6.07) is 3.98. The largest absolute Gasteiger partial charge is 0.349 e. The van der Waals surface area contributed by atoms with E-state index in [0.717, 1.165) is 85.9 Å². The van der Waals surface area contributed by atoms with Gasteiger partial charge in [-0.25, -0.2) is 4.98 Å². The summed E-state index contributed by atoms with van der Waals surface area (Å²) in [7, 11) is 0. The van der Waals surface area contributed by atoms with E-state index in [2.05, 4.69) is 28.6 Å². The lowest BCUT2D eigenvalue weighted by molar-refractivity contribution is -0.133. The fourth-order valence-corrected chi connectivity index (χ4v) is 7.18. The van der Waals surface area contributed by atoms with E-state index in [9.17, 15) is 14.0 Å². The highest BCUT2D eigenvalue weighted by atomic mass is 32.1. The van der Waals surface area contributed by atoms with Crippen LogP contribution < -0.4 is 5.32 Å². The van der Waals surface area contributed by atoms with Crippen LogP contribution >= 0.6 is 11.3 Å². The third kappa shape index (κ3) is 5.93. The number of rotatable bonds is 10. The SMILES string of the molecule is CCC(CC1CCCN1CCC(NC(C)=O)c1ccc(F)s1)n1c(C)nc2c1CCN(C(=O)C1CC1)C2. The van der Waals surface area contributed by atoms with Crippen molar-refractivity contribution >= 4 is 23.2 Å². The number of fused-ring (bicyclic) bond motifs is 1. The van der Waals surface area contributed by atoms with Crippen LogP contribution in [0.1, 0.15) is 93.0 Å². The van der Waals surface area contributed by atoms with Crippen molar-refractivity contribution in [1.29, 1.82) is 0 Å². The van der Waals surface area contributed by atoms with E-state index < -0.39 is 0 Å². The van der Waals surface area contributed by atoms with Crippen molar-refractivity contribution in [1.82, 2.24) is 24.7 Å². The highest BCUT2D eigenvalue weighted by molar-refractivity contribution is 7.10. The van der Waals surface area contributed by atoms with E-state index in [-0.39, 0.29) is 23.0 Å². The van der Waals surface area contributed by atoms with Gasteiger partial charge in [0.1, 0.15) is 5.82 Å². The van der Waals surface area contributed by atoms with E-state index in [0.29, 0.717) is 24.5 Å². The third-order valence-electron chi connectivity index (χ3n) is 8.37. The summed E-state index contributed by atoms with van der Waals surface area (Å²) in [6.07, 6.45) is 8.22. The van der Waals surface area contributed by atoms with Crippen LogP contribution in [-0.2, 0) is 22.6 Å². The molecule has 3 unspecified atom stereocenters. The van der Waals surface area contributed by atoms with Crippen LogP contribution in [0.3, 0.4) is 0 Å². The van der Waals surface area contributed by atoms with Crippen LogP contribution in [0.2, 0.25) is 0 Å². The van der Waals surface area contributed by atoms with E-state index in [1.54, 1.807) is 6.07 Å². The van der Waals surface area contributed by atoms with Crippen LogP contribution in [0.15, 0.2) is 12.1 Å². The molecule has 0 spiro atoms. The fourth-order valence-electron chi connectivity index (χ4n) is 6.37. The van der Waals surface area contributed by atoms with Crippen LogP contribution in [0.4, 0.5) is 4.39 Å². The molecule has 5 rings (SSSR count). The molecule has 2 aromatic heterocycles. The highest BCUT2D eigenvalue weighted by Gasteiger charge is 2.37. The summed E-state index contributed by atoms with van der Waals surface area (Å²) >= 11 is 1.12. The first-order chi connectivity index (χ1) is 17.8. The molecule has 2 fully saturated rings. The molecule has 1 N–H and O–H groups in total. The van der Waals surface area contributed by atoms with Crippen molar-refractivity contribution < 1.29 is 14.0 Å². The quantitative estimate of drug-likeness (QED) is 0.482. The van der Waals surface area contributed by atoms with Gasteiger partial charge in [-0.05, 0) is 70.5 Å². The number of nitrogens with one attached hydrogen (secondary N) is 1. The maximum atomic E-state index is 13.7. The van der Waals surface area contributed by atoms with Gasteiger partial charge in [-0.15, -0.1) is 11.3 Å². The second kappa shape index (κ2) is 11.2. The molecule has 7 nitrogen and oxygen atoms in total. The molecule has 2 amide bonds. The number of aromatic nitrogens is 2. The van der Waals surface area contributed by atoms with Crippen LogP contribution in [0, 0.1) is 18.0 Å². The van der Waals surface area contributed by atoms with Gasteiger partial charge in [-0.2, -0.15) is 4.39 Å². The minimum atomic E-state index is -0.214. The predicted octanol–water partition coefficient (Wildman–Crippen LogP) is 4.76. The summed E-state index contributed by atoms with van der Waals surface area (Å²) in [6.45, 7) is 9.29. The molecule has 3 atom stereocenters. The average Bonchev–Trinajstić information content (AvgIpc) is 3.33. The lowest BCUT2D eigenvalue weighted by Gasteiger charge is -2.32. The molecule has 3 aliphatic rings. The Morgan fingerprint density at radius 3 is 2.73 bits per heavy atom. The smallest absolute Gasteiger partial charge is 0.226 e. The average molecular weight is 530 g/mol. The molecule has 202 valence electrons. The van der Waals surface area contributed by atoms with Crippen molar-refractivity contribution in [3.8, 4) is 0 Å². The first kappa shape index (κ1) is 26.4. The van der Waals surface area contributed by atoms with Gasteiger partial charge in [0, 0.05) is 55.0 Å². The second-order valence-corrected chi connectivity index (χ2v) is 12.1. The molecule has 0 radical (unpaired) electrons. The number of hydrogen-bond donors (Lipinski definition) is 1. The Balaban J connectivity index is 1.24. The number of aryl methyl sites for hydroxylation is 1. The number of carbonyl (C=O) groups excluding carboxylic acids is 2.